The van der Waals surface area contributed by atoms with Crippen molar-refractivity contribution in [3.63, 3.8) is 0 Å². The van der Waals surface area contributed by atoms with E-state index in [1.165, 1.54) is 6.07 Å². The van der Waals surface area contributed by atoms with Crippen LogP contribution in [0.15, 0.2) is 18.2 Å². The van der Waals surface area contributed by atoms with Crippen LogP contribution in [-0.2, 0) is 11.0 Å². The molecular weight excluding hydrogens is 334 g/mol. The van der Waals surface area contributed by atoms with E-state index in [0.717, 1.165) is 12.1 Å². The van der Waals surface area contributed by atoms with Gasteiger partial charge in [0, 0.05) is 5.69 Å². The fraction of sp³-hybridized carbons (Fsp3) is 0.364. The number of benzene rings is 1. The van der Waals surface area contributed by atoms with E-state index in [4.69, 9.17) is 11.6 Å². The summed E-state index contributed by atoms with van der Waals surface area (Å²) >= 11 is 8.58. The Labute approximate surface area is 116 Å². The van der Waals surface area contributed by atoms with Gasteiger partial charge in [0.05, 0.1) is 15.4 Å². The van der Waals surface area contributed by atoms with Gasteiger partial charge in [-0.2, -0.15) is 13.2 Å². The van der Waals surface area contributed by atoms with Crippen molar-refractivity contribution in [1.82, 2.24) is 0 Å². The number of rotatable bonds is 3. The summed E-state index contributed by atoms with van der Waals surface area (Å²) in [6.45, 7) is 1.78. The third-order valence-electron chi connectivity index (χ3n) is 2.18. The van der Waals surface area contributed by atoms with Crippen molar-refractivity contribution in [2.75, 3.05) is 5.32 Å². The third-order valence-corrected chi connectivity index (χ3v) is 3.58. The number of halogens is 5. The molecule has 1 aromatic rings. The molecule has 0 radical (unpaired) electrons. The number of alkyl halides is 4. The monoisotopic (exact) mass is 343 g/mol. The lowest BCUT2D eigenvalue weighted by molar-refractivity contribution is -0.137. The highest BCUT2D eigenvalue weighted by Gasteiger charge is 2.33. The van der Waals surface area contributed by atoms with Crippen LogP contribution in [0, 0.1) is 0 Å². The molecule has 1 rings (SSSR count). The maximum Gasteiger partial charge on any atom is 0.417 e. The van der Waals surface area contributed by atoms with E-state index in [2.05, 4.69) is 21.2 Å². The van der Waals surface area contributed by atoms with E-state index in [1.54, 1.807) is 6.92 Å². The molecule has 0 spiro atoms. The zero-order chi connectivity index (χ0) is 13.9. The van der Waals surface area contributed by atoms with Gasteiger partial charge in [0.15, 0.2) is 0 Å². The van der Waals surface area contributed by atoms with Gasteiger partial charge in [0.25, 0.3) is 0 Å². The molecule has 0 aliphatic heterocycles. The highest BCUT2D eigenvalue weighted by molar-refractivity contribution is 9.10. The second kappa shape index (κ2) is 5.93. The van der Waals surface area contributed by atoms with E-state index >= 15 is 0 Å². The van der Waals surface area contributed by atoms with Crippen LogP contribution in [0.2, 0.25) is 5.02 Å². The molecule has 0 aliphatic carbocycles. The van der Waals surface area contributed by atoms with Crippen molar-refractivity contribution >= 4 is 39.1 Å². The molecule has 0 saturated carbocycles. The molecule has 100 valence electrons. The van der Waals surface area contributed by atoms with E-state index < -0.39 is 27.5 Å². The van der Waals surface area contributed by atoms with Gasteiger partial charge in [0.1, 0.15) is 0 Å². The number of carbonyl (C=O) groups is 1. The first-order valence-corrected chi connectivity index (χ1v) is 6.36. The average molecular weight is 345 g/mol. The quantitative estimate of drug-likeness (QED) is 0.805. The van der Waals surface area contributed by atoms with Crippen molar-refractivity contribution in [2.45, 2.75) is 24.3 Å². The number of amides is 1. The molecule has 0 saturated heterocycles. The minimum Gasteiger partial charge on any atom is -0.325 e. The predicted molar refractivity (Wildman–Crippen MR) is 68.1 cm³/mol. The summed E-state index contributed by atoms with van der Waals surface area (Å²) in [6, 6.07) is 3.25. The largest absolute Gasteiger partial charge is 0.417 e. The first-order chi connectivity index (χ1) is 8.25. The Balaban J connectivity index is 2.96. The van der Waals surface area contributed by atoms with Crippen molar-refractivity contribution in [2.24, 2.45) is 0 Å². The number of hydrogen-bond acceptors (Lipinski definition) is 1. The van der Waals surface area contributed by atoms with Gasteiger partial charge in [0.2, 0.25) is 5.91 Å². The van der Waals surface area contributed by atoms with E-state index in [-0.39, 0.29) is 5.69 Å². The zero-order valence-electron chi connectivity index (χ0n) is 9.31. The summed E-state index contributed by atoms with van der Waals surface area (Å²) in [5.74, 6) is -0.395. The van der Waals surface area contributed by atoms with Crippen LogP contribution < -0.4 is 5.32 Å². The van der Waals surface area contributed by atoms with Crippen LogP contribution >= 0.6 is 27.5 Å². The first kappa shape index (κ1) is 15.3. The molecule has 0 fully saturated rings. The fourth-order valence-corrected chi connectivity index (χ4v) is 1.57. The van der Waals surface area contributed by atoms with Gasteiger partial charge in [-0.15, -0.1) is 0 Å². The van der Waals surface area contributed by atoms with Crippen molar-refractivity contribution in [1.29, 1.82) is 0 Å². The molecule has 0 aromatic heterocycles. The predicted octanol–water partition coefficient (Wildman–Crippen LogP) is 4.47. The van der Waals surface area contributed by atoms with Crippen molar-refractivity contribution in [3.05, 3.63) is 28.8 Å². The standard InChI is InChI=1S/C11H10BrClF3NO/c1-2-8(12)10(18)17-6-3-4-9(13)7(5-6)11(14,15)16/h3-5,8H,2H2,1H3,(H,17,18). The summed E-state index contributed by atoms with van der Waals surface area (Å²) in [5.41, 5.74) is -0.904. The van der Waals surface area contributed by atoms with E-state index in [0.29, 0.717) is 6.42 Å². The number of hydrogen-bond donors (Lipinski definition) is 1. The molecule has 0 bridgehead atoms. The lowest BCUT2D eigenvalue weighted by atomic mass is 10.2. The van der Waals surface area contributed by atoms with Crippen LogP contribution in [0.3, 0.4) is 0 Å². The summed E-state index contributed by atoms with van der Waals surface area (Å²) in [6.07, 6.45) is -4.01. The SMILES string of the molecule is CCC(Br)C(=O)Nc1ccc(Cl)c(C(F)(F)F)c1. The smallest absolute Gasteiger partial charge is 0.325 e. The second-order valence-corrected chi connectivity index (χ2v) is 5.07. The summed E-state index contributed by atoms with van der Waals surface area (Å²) in [7, 11) is 0. The number of anilines is 1. The van der Waals surface area contributed by atoms with Crippen LogP contribution in [0.5, 0.6) is 0 Å². The molecule has 2 nitrogen and oxygen atoms in total. The van der Waals surface area contributed by atoms with Crippen molar-refractivity contribution < 1.29 is 18.0 Å². The summed E-state index contributed by atoms with van der Waals surface area (Å²) < 4.78 is 37.8. The van der Waals surface area contributed by atoms with Gasteiger partial charge in [-0.05, 0) is 24.6 Å². The van der Waals surface area contributed by atoms with Gasteiger partial charge in [-0.1, -0.05) is 34.5 Å². The highest BCUT2D eigenvalue weighted by Crippen LogP contribution is 2.36. The Morgan fingerprint density at radius 2 is 2.11 bits per heavy atom. The van der Waals surface area contributed by atoms with Gasteiger partial charge >= 0.3 is 6.18 Å². The Morgan fingerprint density at radius 3 is 2.61 bits per heavy atom. The third kappa shape index (κ3) is 3.88. The minimum atomic E-state index is -4.55. The molecule has 1 amide bonds. The molecule has 0 heterocycles. The Bertz CT molecular complexity index is 450. The maximum atomic E-state index is 12.6. The molecule has 1 N–H and O–H groups in total. The van der Waals surface area contributed by atoms with Crippen LogP contribution in [0.4, 0.5) is 18.9 Å². The lowest BCUT2D eigenvalue weighted by Gasteiger charge is -2.13. The lowest BCUT2D eigenvalue weighted by Crippen LogP contribution is -2.22. The van der Waals surface area contributed by atoms with Gasteiger partial charge in [-0.25, -0.2) is 0 Å². The topological polar surface area (TPSA) is 29.1 Å². The molecule has 1 unspecified atom stereocenters. The zero-order valence-corrected chi connectivity index (χ0v) is 11.7. The normalized spacial score (nSPS) is 13.2. The molecule has 18 heavy (non-hydrogen) atoms. The Morgan fingerprint density at radius 1 is 1.50 bits per heavy atom. The average Bonchev–Trinajstić information content (AvgIpc) is 2.29. The molecule has 1 atom stereocenters. The Kier molecular flexibility index (Phi) is 5.04. The second-order valence-electron chi connectivity index (χ2n) is 3.56. The van der Waals surface area contributed by atoms with E-state index in [1.807, 2.05) is 0 Å². The van der Waals surface area contributed by atoms with Gasteiger partial charge < -0.3 is 5.32 Å². The Hall–Kier alpha value is -0.750. The first-order valence-electron chi connectivity index (χ1n) is 5.07. The fourth-order valence-electron chi connectivity index (χ4n) is 1.23. The maximum absolute atomic E-state index is 12.6. The van der Waals surface area contributed by atoms with Crippen LogP contribution in [-0.4, -0.2) is 10.7 Å². The van der Waals surface area contributed by atoms with Crippen LogP contribution in [0.1, 0.15) is 18.9 Å². The summed E-state index contributed by atoms with van der Waals surface area (Å²) in [5, 5.41) is 1.99. The van der Waals surface area contributed by atoms with Crippen LogP contribution in [0.25, 0.3) is 0 Å². The number of carbonyl (C=O) groups excluding carboxylic acids is 1. The molecular formula is C11H10BrClF3NO. The molecule has 0 aliphatic rings. The van der Waals surface area contributed by atoms with Crippen molar-refractivity contribution in [3.8, 4) is 0 Å². The highest BCUT2D eigenvalue weighted by atomic mass is 79.9. The van der Waals surface area contributed by atoms with E-state index in [9.17, 15) is 18.0 Å². The van der Waals surface area contributed by atoms with Gasteiger partial charge in [-0.3, -0.25) is 4.79 Å². The minimum absolute atomic E-state index is 0.0645. The number of nitrogens with one attached hydrogen (secondary N) is 1. The molecule has 7 heteroatoms. The summed E-state index contributed by atoms with van der Waals surface area (Å²) in [4.78, 5) is 11.1. The molecule has 1 aromatic carbocycles.